The molecular formula is C13H25FN2O2. The summed E-state index contributed by atoms with van der Waals surface area (Å²) in [6.07, 6.45) is 0.988. The number of nitrogens with zero attached hydrogens (tertiary/aromatic N) is 1. The molecule has 1 saturated carbocycles. The Balaban J connectivity index is 2.26. The first-order valence-electron chi connectivity index (χ1n) is 6.51. The fraction of sp³-hybridized carbons (Fsp3) is 0.923. The summed E-state index contributed by atoms with van der Waals surface area (Å²) in [5, 5.41) is 0. The van der Waals surface area contributed by atoms with Crippen LogP contribution in [0.4, 0.5) is 9.18 Å². The van der Waals surface area contributed by atoms with Gasteiger partial charge >= 0.3 is 6.09 Å². The van der Waals surface area contributed by atoms with Crippen LogP contribution >= 0.6 is 0 Å². The minimum absolute atomic E-state index is 0.111. The molecule has 1 amide bonds. The average molecular weight is 260 g/mol. The van der Waals surface area contributed by atoms with E-state index in [1.54, 1.807) is 7.05 Å². The molecule has 5 heteroatoms. The van der Waals surface area contributed by atoms with Gasteiger partial charge < -0.3 is 15.4 Å². The summed E-state index contributed by atoms with van der Waals surface area (Å²) in [4.78, 5) is 13.2. The first-order chi connectivity index (χ1) is 8.17. The smallest absolute Gasteiger partial charge is 0.410 e. The van der Waals surface area contributed by atoms with Gasteiger partial charge in [0.1, 0.15) is 11.8 Å². The summed E-state index contributed by atoms with van der Waals surface area (Å²) in [5.41, 5.74) is 5.46. The maximum atomic E-state index is 12.7. The van der Waals surface area contributed by atoms with Gasteiger partial charge in [-0.05, 0) is 46.0 Å². The van der Waals surface area contributed by atoms with Crippen LogP contribution in [0.3, 0.4) is 0 Å². The Morgan fingerprint density at radius 1 is 1.50 bits per heavy atom. The Bertz CT molecular complexity index is 285. The number of nitrogens with two attached hydrogens (primary N) is 1. The Labute approximate surface area is 109 Å². The molecule has 0 radical (unpaired) electrons. The zero-order chi connectivity index (χ0) is 13.9. The minimum atomic E-state index is -0.647. The largest absolute Gasteiger partial charge is 0.444 e. The number of halogens is 1. The molecule has 106 valence electrons. The van der Waals surface area contributed by atoms with Crippen LogP contribution in [0.25, 0.3) is 0 Å². The molecule has 1 aliphatic carbocycles. The maximum absolute atomic E-state index is 12.7. The third-order valence-electron chi connectivity index (χ3n) is 3.03. The third-order valence-corrected chi connectivity index (χ3v) is 3.03. The summed E-state index contributed by atoms with van der Waals surface area (Å²) in [6.45, 7) is 5.93. The Morgan fingerprint density at radius 3 is 2.50 bits per heavy atom. The monoisotopic (exact) mass is 260 g/mol. The van der Waals surface area contributed by atoms with Crippen LogP contribution in [0.1, 0.15) is 40.0 Å². The van der Waals surface area contributed by atoms with Crippen molar-refractivity contribution < 1.29 is 13.9 Å². The van der Waals surface area contributed by atoms with Crippen molar-refractivity contribution in [3.63, 3.8) is 0 Å². The van der Waals surface area contributed by atoms with Crippen molar-refractivity contribution in [3.05, 3.63) is 0 Å². The Morgan fingerprint density at radius 2 is 2.06 bits per heavy atom. The molecule has 0 bridgehead atoms. The number of alkyl halides is 1. The number of ether oxygens (including phenoxy) is 1. The lowest BCUT2D eigenvalue weighted by Gasteiger charge is -2.33. The van der Waals surface area contributed by atoms with Crippen molar-refractivity contribution in [2.75, 3.05) is 13.6 Å². The van der Waals surface area contributed by atoms with E-state index < -0.39 is 11.8 Å². The van der Waals surface area contributed by atoms with Crippen molar-refractivity contribution in [3.8, 4) is 0 Å². The molecule has 1 aliphatic rings. The van der Waals surface area contributed by atoms with E-state index >= 15 is 0 Å². The van der Waals surface area contributed by atoms with Gasteiger partial charge in [-0.3, -0.25) is 0 Å². The van der Waals surface area contributed by atoms with Gasteiger partial charge in [0, 0.05) is 19.6 Å². The number of amides is 1. The van der Waals surface area contributed by atoms with Gasteiger partial charge in [-0.15, -0.1) is 0 Å². The van der Waals surface area contributed by atoms with E-state index in [1.807, 2.05) is 20.8 Å². The van der Waals surface area contributed by atoms with Gasteiger partial charge in [-0.25, -0.2) is 9.18 Å². The van der Waals surface area contributed by atoms with Crippen LogP contribution in [-0.4, -0.2) is 42.4 Å². The average Bonchev–Trinajstić information content (AvgIpc) is 2.12. The van der Waals surface area contributed by atoms with Gasteiger partial charge in [0.25, 0.3) is 0 Å². The van der Waals surface area contributed by atoms with Gasteiger partial charge in [0.2, 0.25) is 0 Å². The molecule has 1 rings (SSSR count). The standard InChI is InChI=1S/C13H25FN2O2/c1-13(2,3)18-12(17)16(4)8-11(15)7-9-5-10(14)6-9/h9-11H,5-8,15H2,1-4H3. The molecular weight excluding hydrogens is 235 g/mol. The van der Waals surface area contributed by atoms with Crippen molar-refractivity contribution >= 4 is 6.09 Å². The number of hydrogen-bond acceptors (Lipinski definition) is 3. The van der Waals surface area contributed by atoms with E-state index in [-0.39, 0.29) is 12.1 Å². The Hall–Kier alpha value is -0.840. The van der Waals surface area contributed by atoms with Crippen molar-refractivity contribution in [1.29, 1.82) is 0 Å². The predicted molar refractivity (Wildman–Crippen MR) is 69.1 cm³/mol. The number of hydrogen-bond donors (Lipinski definition) is 1. The second-order valence-electron chi connectivity index (χ2n) is 6.29. The SMILES string of the molecule is CN(CC(N)CC1CC(F)C1)C(=O)OC(C)(C)C. The predicted octanol–water partition coefficient (Wildman–Crippen LogP) is 2.32. The number of carbonyl (C=O) groups is 1. The van der Waals surface area contributed by atoms with Crippen molar-refractivity contribution in [2.24, 2.45) is 11.7 Å². The first-order valence-corrected chi connectivity index (χ1v) is 6.51. The highest BCUT2D eigenvalue weighted by Crippen LogP contribution is 2.33. The molecule has 0 aromatic heterocycles. The summed E-state index contributed by atoms with van der Waals surface area (Å²) in [5.74, 6) is 0.377. The fourth-order valence-electron chi connectivity index (χ4n) is 2.12. The van der Waals surface area contributed by atoms with E-state index in [1.165, 1.54) is 4.90 Å². The van der Waals surface area contributed by atoms with E-state index in [0.717, 1.165) is 6.42 Å². The molecule has 1 unspecified atom stereocenters. The van der Waals surface area contributed by atoms with Crippen LogP contribution in [0.5, 0.6) is 0 Å². The van der Waals surface area contributed by atoms with Gasteiger partial charge in [-0.2, -0.15) is 0 Å². The highest BCUT2D eigenvalue weighted by molar-refractivity contribution is 5.67. The van der Waals surface area contributed by atoms with Crippen LogP contribution in [-0.2, 0) is 4.74 Å². The van der Waals surface area contributed by atoms with Gasteiger partial charge in [-0.1, -0.05) is 0 Å². The number of likely N-dealkylation sites (N-methyl/N-ethyl adjacent to an activating group) is 1. The van der Waals surface area contributed by atoms with Crippen molar-refractivity contribution in [2.45, 2.75) is 57.8 Å². The molecule has 1 atom stereocenters. The summed E-state index contributed by atoms with van der Waals surface area (Å²) >= 11 is 0. The lowest BCUT2D eigenvalue weighted by molar-refractivity contribution is 0.0276. The molecule has 1 fully saturated rings. The zero-order valence-electron chi connectivity index (χ0n) is 11.8. The molecule has 0 saturated heterocycles. The maximum Gasteiger partial charge on any atom is 0.410 e. The summed E-state index contributed by atoms with van der Waals surface area (Å²) in [7, 11) is 1.67. The first kappa shape index (κ1) is 15.2. The molecule has 18 heavy (non-hydrogen) atoms. The summed E-state index contributed by atoms with van der Waals surface area (Å²) in [6, 6.07) is -0.111. The third kappa shape index (κ3) is 5.21. The highest BCUT2D eigenvalue weighted by atomic mass is 19.1. The number of carbonyl (C=O) groups excluding carboxylic acids is 1. The normalized spacial score (nSPS) is 25.2. The molecule has 4 nitrogen and oxygen atoms in total. The van der Waals surface area contributed by atoms with E-state index in [0.29, 0.717) is 25.3 Å². The second kappa shape index (κ2) is 5.87. The minimum Gasteiger partial charge on any atom is -0.444 e. The Kier molecular flexibility index (Phi) is 4.96. The molecule has 0 heterocycles. The zero-order valence-corrected chi connectivity index (χ0v) is 11.8. The highest BCUT2D eigenvalue weighted by Gasteiger charge is 2.30. The van der Waals surface area contributed by atoms with Crippen LogP contribution in [0.2, 0.25) is 0 Å². The molecule has 0 aliphatic heterocycles. The molecule has 0 aromatic rings. The van der Waals surface area contributed by atoms with E-state index in [4.69, 9.17) is 10.5 Å². The van der Waals surface area contributed by atoms with Crippen LogP contribution in [0.15, 0.2) is 0 Å². The molecule has 0 aromatic carbocycles. The van der Waals surface area contributed by atoms with Crippen molar-refractivity contribution in [1.82, 2.24) is 4.90 Å². The topological polar surface area (TPSA) is 55.6 Å². The summed E-state index contributed by atoms with van der Waals surface area (Å²) < 4.78 is 17.9. The van der Waals surface area contributed by atoms with E-state index in [2.05, 4.69) is 0 Å². The van der Waals surface area contributed by atoms with E-state index in [9.17, 15) is 9.18 Å². The molecule has 0 spiro atoms. The lowest BCUT2D eigenvalue weighted by atomic mass is 9.79. The van der Waals surface area contributed by atoms with Crippen LogP contribution in [0, 0.1) is 5.92 Å². The van der Waals surface area contributed by atoms with Gasteiger partial charge in [0.15, 0.2) is 0 Å². The lowest BCUT2D eigenvalue weighted by Crippen LogP contribution is -2.43. The molecule has 2 N–H and O–H groups in total. The quantitative estimate of drug-likeness (QED) is 0.844. The second-order valence-corrected chi connectivity index (χ2v) is 6.29. The van der Waals surface area contributed by atoms with Crippen LogP contribution < -0.4 is 5.73 Å². The fourth-order valence-corrected chi connectivity index (χ4v) is 2.12. The number of rotatable bonds is 4. The van der Waals surface area contributed by atoms with Gasteiger partial charge in [0.05, 0.1) is 0 Å².